The second kappa shape index (κ2) is 5.43. The fourth-order valence-corrected chi connectivity index (χ4v) is 2.28. The molecule has 3 aromatic rings. The van der Waals surface area contributed by atoms with Gasteiger partial charge in [-0.05, 0) is 37.6 Å². The zero-order valence-electron chi connectivity index (χ0n) is 11.8. The van der Waals surface area contributed by atoms with Crippen molar-refractivity contribution in [1.82, 2.24) is 20.5 Å². The van der Waals surface area contributed by atoms with Crippen LogP contribution in [0.3, 0.4) is 0 Å². The van der Waals surface area contributed by atoms with Crippen LogP contribution in [0.4, 0.5) is 0 Å². The van der Waals surface area contributed by atoms with Crippen LogP contribution in [0.1, 0.15) is 22.5 Å². The first-order valence-electron chi connectivity index (χ1n) is 6.78. The summed E-state index contributed by atoms with van der Waals surface area (Å²) in [7, 11) is 0. The maximum absolute atomic E-state index is 4.52. The molecule has 2 heterocycles. The molecule has 20 heavy (non-hydrogen) atoms. The van der Waals surface area contributed by atoms with Crippen molar-refractivity contribution in [2.45, 2.75) is 26.9 Å². The van der Waals surface area contributed by atoms with Gasteiger partial charge in [-0.15, -0.1) is 0 Å². The van der Waals surface area contributed by atoms with Crippen LogP contribution in [-0.2, 0) is 13.1 Å². The van der Waals surface area contributed by atoms with Crippen molar-refractivity contribution in [3.8, 4) is 0 Å². The molecule has 0 fully saturated rings. The molecule has 0 aliphatic heterocycles. The fraction of sp³-hybridized carbons (Fsp3) is 0.250. The van der Waals surface area contributed by atoms with Crippen LogP contribution in [0.2, 0.25) is 0 Å². The van der Waals surface area contributed by atoms with Gasteiger partial charge in [-0.3, -0.25) is 10.1 Å². The first-order chi connectivity index (χ1) is 9.72. The lowest BCUT2D eigenvalue weighted by Crippen LogP contribution is -2.12. The number of aromatic nitrogens is 3. The molecule has 1 aromatic carbocycles. The maximum Gasteiger partial charge on any atom is 0.0705 e. The Morgan fingerprint density at radius 2 is 2.00 bits per heavy atom. The first-order valence-corrected chi connectivity index (χ1v) is 6.78. The largest absolute Gasteiger partial charge is 0.308 e. The van der Waals surface area contributed by atoms with Crippen LogP contribution >= 0.6 is 0 Å². The topological polar surface area (TPSA) is 53.6 Å². The third kappa shape index (κ3) is 2.70. The lowest BCUT2D eigenvalue weighted by Gasteiger charge is -2.06. The average Bonchev–Trinajstić information content (AvgIpc) is 2.85. The van der Waals surface area contributed by atoms with Gasteiger partial charge < -0.3 is 5.32 Å². The summed E-state index contributed by atoms with van der Waals surface area (Å²) in [5.41, 5.74) is 5.71. The number of nitrogens with zero attached hydrogens (tertiary/aromatic N) is 2. The molecule has 0 atom stereocenters. The molecule has 0 radical (unpaired) electrons. The summed E-state index contributed by atoms with van der Waals surface area (Å²) in [5.74, 6) is 0. The average molecular weight is 266 g/mol. The number of H-pyrrole nitrogens is 1. The van der Waals surface area contributed by atoms with Gasteiger partial charge in [0.2, 0.25) is 0 Å². The molecule has 2 aromatic heterocycles. The molecule has 3 rings (SSSR count). The van der Waals surface area contributed by atoms with Crippen molar-refractivity contribution in [2.24, 2.45) is 0 Å². The van der Waals surface area contributed by atoms with Gasteiger partial charge in [0.25, 0.3) is 0 Å². The second-order valence-corrected chi connectivity index (χ2v) is 5.10. The third-order valence-corrected chi connectivity index (χ3v) is 3.47. The van der Waals surface area contributed by atoms with E-state index in [2.05, 4.69) is 44.8 Å². The molecule has 0 unspecified atom stereocenters. The Kier molecular flexibility index (Phi) is 3.48. The van der Waals surface area contributed by atoms with E-state index in [4.69, 9.17) is 0 Å². The van der Waals surface area contributed by atoms with Crippen LogP contribution < -0.4 is 5.32 Å². The number of pyridine rings is 1. The van der Waals surface area contributed by atoms with Crippen molar-refractivity contribution in [3.63, 3.8) is 0 Å². The van der Waals surface area contributed by atoms with Crippen LogP contribution in [0, 0.1) is 13.8 Å². The van der Waals surface area contributed by atoms with Gasteiger partial charge in [0.15, 0.2) is 0 Å². The van der Waals surface area contributed by atoms with Crippen LogP contribution in [0.15, 0.2) is 36.5 Å². The fourth-order valence-electron chi connectivity index (χ4n) is 2.28. The van der Waals surface area contributed by atoms with Gasteiger partial charge in [-0.1, -0.05) is 12.1 Å². The molecule has 102 valence electrons. The number of fused-ring (bicyclic) bond motifs is 1. The van der Waals surface area contributed by atoms with E-state index in [-0.39, 0.29) is 0 Å². The number of benzene rings is 1. The molecular formula is C16H18N4. The minimum atomic E-state index is 0.826. The minimum absolute atomic E-state index is 0.826. The Hall–Kier alpha value is -2.20. The van der Waals surface area contributed by atoms with E-state index in [1.807, 2.05) is 26.1 Å². The predicted octanol–water partition coefficient (Wildman–Crippen LogP) is 2.86. The lowest BCUT2D eigenvalue weighted by atomic mass is 10.1. The van der Waals surface area contributed by atoms with E-state index >= 15 is 0 Å². The van der Waals surface area contributed by atoms with Gasteiger partial charge in [0, 0.05) is 35.4 Å². The Morgan fingerprint density at radius 1 is 1.10 bits per heavy atom. The van der Waals surface area contributed by atoms with Gasteiger partial charge in [-0.25, -0.2) is 0 Å². The zero-order valence-corrected chi connectivity index (χ0v) is 11.8. The highest BCUT2D eigenvalue weighted by atomic mass is 15.1. The van der Waals surface area contributed by atoms with Gasteiger partial charge in [0.05, 0.1) is 11.7 Å². The normalized spacial score (nSPS) is 11.1. The molecule has 0 saturated carbocycles. The first kappa shape index (κ1) is 12.8. The van der Waals surface area contributed by atoms with Crippen LogP contribution in [-0.4, -0.2) is 15.2 Å². The highest BCUT2D eigenvalue weighted by Gasteiger charge is 2.01. The third-order valence-electron chi connectivity index (χ3n) is 3.47. The summed E-state index contributed by atoms with van der Waals surface area (Å²) >= 11 is 0. The number of aryl methyl sites for hydroxylation is 2. The van der Waals surface area contributed by atoms with E-state index in [1.54, 1.807) is 0 Å². The molecule has 0 amide bonds. The van der Waals surface area contributed by atoms with Crippen molar-refractivity contribution in [2.75, 3.05) is 0 Å². The van der Waals surface area contributed by atoms with Gasteiger partial charge >= 0.3 is 0 Å². The van der Waals surface area contributed by atoms with Crippen molar-refractivity contribution in [1.29, 1.82) is 0 Å². The second-order valence-electron chi connectivity index (χ2n) is 5.10. The molecular weight excluding hydrogens is 248 g/mol. The summed E-state index contributed by atoms with van der Waals surface area (Å²) in [5, 5.41) is 11.6. The number of hydrogen-bond acceptors (Lipinski definition) is 3. The molecule has 0 aliphatic carbocycles. The monoisotopic (exact) mass is 266 g/mol. The smallest absolute Gasteiger partial charge is 0.0705 e. The van der Waals surface area contributed by atoms with Crippen LogP contribution in [0.25, 0.3) is 10.9 Å². The van der Waals surface area contributed by atoms with E-state index in [1.165, 1.54) is 16.5 Å². The highest BCUT2D eigenvalue weighted by molar-refractivity contribution is 5.79. The standard InChI is InChI=1S/C16H18N4/c1-11-3-5-14-7-13(4-6-16(14)19-11)8-17-9-15-10-18-20-12(15)2/h3-7,10,17H,8-9H2,1-2H3,(H,18,20). The molecule has 0 bridgehead atoms. The van der Waals surface area contributed by atoms with E-state index < -0.39 is 0 Å². The van der Waals surface area contributed by atoms with Crippen molar-refractivity contribution >= 4 is 10.9 Å². The summed E-state index contributed by atoms with van der Waals surface area (Å²) < 4.78 is 0. The molecule has 0 saturated heterocycles. The lowest BCUT2D eigenvalue weighted by molar-refractivity contribution is 0.691. The Labute approximate surface area is 118 Å². The molecule has 0 spiro atoms. The number of nitrogens with one attached hydrogen (secondary N) is 2. The summed E-state index contributed by atoms with van der Waals surface area (Å²) in [6.45, 7) is 5.72. The van der Waals surface area contributed by atoms with Gasteiger partial charge in [-0.2, -0.15) is 5.10 Å². The molecule has 4 heteroatoms. The van der Waals surface area contributed by atoms with E-state index in [9.17, 15) is 0 Å². The molecule has 2 N–H and O–H groups in total. The quantitative estimate of drug-likeness (QED) is 0.763. The Bertz CT molecular complexity index is 730. The van der Waals surface area contributed by atoms with Crippen LogP contribution in [0.5, 0.6) is 0 Å². The Morgan fingerprint density at radius 3 is 2.80 bits per heavy atom. The van der Waals surface area contributed by atoms with Crippen molar-refractivity contribution in [3.05, 3.63) is 59.0 Å². The van der Waals surface area contributed by atoms with Crippen molar-refractivity contribution < 1.29 is 0 Å². The molecule has 0 aliphatic rings. The number of hydrogen-bond donors (Lipinski definition) is 2. The predicted molar refractivity (Wildman–Crippen MR) is 80.3 cm³/mol. The summed E-state index contributed by atoms with van der Waals surface area (Å²) in [6.07, 6.45) is 1.87. The zero-order chi connectivity index (χ0) is 13.9. The minimum Gasteiger partial charge on any atom is -0.308 e. The number of aromatic amines is 1. The summed E-state index contributed by atoms with van der Waals surface area (Å²) in [6, 6.07) is 10.6. The van der Waals surface area contributed by atoms with E-state index in [0.29, 0.717) is 0 Å². The summed E-state index contributed by atoms with van der Waals surface area (Å²) in [4.78, 5) is 4.52. The van der Waals surface area contributed by atoms with E-state index in [0.717, 1.165) is 30.0 Å². The highest BCUT2D eigenvalue weighted by Crippen LogP contribution is 2.15. The maximum atomic E-state index is 4.52. The SMILES string of the molecule is Cc1ccc2cc(CNCc3cn[nH]c3C)ccc2n1. The van der Waals surface area contributed by atoms with Gasteiger partial charge in [0.1, 0.15) is 0 Å². The Balaban J connectivity index is 1.68. The molecule has 4 nitrogen and oxygen atoms in total. The number of rotatable bonds is 4.